The molecule has 0 aromatic heterocycles. The monoisotopic (exact) mass is 281 g/mol. The van der Waals surface area contributed by atoms with Crippen LogP contribution in [0.25, 0.3) is 0 Å². The molecule has 3 nitrogen and oxygen atoms in total. The highest BCUT2D eigenvalue weighted by Gasteiger charge is 2.29. The van der Waals surface area contributed by atoms with E-state index in [9.17, 15) is 9.90 Å². The van der Waals surface area contributed by atoms with Crippen molar-refractivity contribution in [2.75, 3.05) is 0 Å². The first-order valence-electron chi connectivity index (χ1n) is 6.67. The van der Waals surface area contributed by atoms with Crippen LogP contribution in [0.4, 0.5) is 0 Å². The third kappa shape index (κ3) is 3.63. The number of halogens is 1. The molecule has 1 aromatic carbocycles. The molecule has 0 radical (unpaired) electrons. The molecule has 104 valence electrons. The Balaban J connectivity index is 2.06. The number of benzene rings is 1. The molecule has 1 saturated carbocycles. The molecule has 0 spiro atoms. The summed E-state index contributed by atoms with van der Waals surface area (Å²) < 4.78 is 0. The van der Waals surface area contributed by atoms with Crippen molar-refractivity contribution >= 4 is 17.5 Å². The van der Waals surface area contributed by atoms with Gasteiger partial charge in [0.2, 0.25) is 0 Å². The number of phenolic OH excluding ortho intramolecular Hbond substituents is 1. The molecule has 19 heavy (non-hydrogen) atoms. The van der Waals surface area contributed by atoms with E-state index in [0.29, 0.717) is 10.6 Å². The second-order valence-corrected chi connectivity index (χ2v) is 6.50. The molecule has 0 heterocycles. The Hall–Kier alpha value is -1.22. The van der Waals surface area contributed by atoms with Gasteiger partial charge in [0.15, 0.2) is 0 Å². The van der Waals surface area contributed by atoms with E-state index in [-0.39, 0.29) is 23.1 Å². The molecule has 1 aliphatic carbocycles. The van der Waals surface area contributed by atoms with Gasteiger partial charge in [-0.15, -0.1) is 0 Å². The molecular weight excluding hydrogens is 262 g/mol. The van der Waals surface area contributed by atoms with Crippen LogP contribution in [0, 0.1) is 5.41 Å². The molecular formula is C15H20ClNO2. The first-order chi connectivity index (χ1) is 8.87. The van der Waals surface area contributed by atoms with E-state index in [1.54, 1.807) is 0 Å². The lowest BCUT2D eigenvalue weighted by Gasteiger charge is -2.35. The van der Waals surface area contributed by atoms with Crippen molar-refractivity contribution in [3.05, 3.63) is 28.8 Å². The highest BCUT2D eigenvalue weighted by Crippen LogP contribution is 2.35. The van der Waals surface area contributed by atoms with Crippen LogP contribution in [0.2, 0.25) is 5.02 Å². The first-order valence-corrected chi connectivity index (χ1v) is 7.04. The highest BCUT2D eigenvalue weighted by atomic mass is 35.5. The number of carbonyl (C=O) groups excluding carboxylic acids is 1. The molecule has 1 unspecified atom stereocenters. The molecule has 1 atom stereocenters. The SMILES string of the molecule is CC1(C)CCCC(NC(=O)c2cc(O)ccc2Cl)C1. The van der Waals surface area contributed by atoms with Crippen LogP contribution in [-0.4, -0.2) is 17.1 Å². The maximum atomic E-state index is 12.2. The molecule has 2 N–H and O–H groups in total. The van der Waals surface area contributed by atoms with Crippen molar-refractivity contribution in [2.45, 2.75) is 45.6 Å². The Morgan fingerprint density at radius 3 is 2.89 bits per heavy atom. The lowest BCUT2D eigenvalue weighted by atomic mass is 9.75. The smallest absolute Gasteiger partial charge is 0.253 e. The minimum atomic E-state index is -0.205. The molecule has 4 heteroatoms. The quantitative estimate of drug-likeness (QED) is 0.867. The van der Waals surface area contributed by atoms with Crippen molar-refractivity contribution in [2.24, 2.45) is 5.41 Å². The fraction of sp³-hybridized carbons (Fsp3) is 0.533. The second-order valence-electron chi connectivity index (χ2n) is 6.10. The van der Waals surface area contributed by atoms with E-state index < -0.39 is 0 Å². The summed E-state index contributed by atoms with van der Waals surface area (Å²) in [5.41, 5.74) is 0.615. The van der Waals surface area contributed by atoms with Gasteiger partial charge in [-0.05, 0) is 42.9 Å². The molecule has 1 aromatic rings. The average molecular weight is 282 g/mol. The number of nitrogens with one attached hydrogen (secondary N) is 1. The fourth-order valence-corrected chi connectivity index (χ4v) is 2.98. The van der Waals surface area contributed by atoms with E-state index in [2.05, 4.69) is 19.2 Å². The van der Waals surface area contributed by atoms with Crippen LogP contribution in [0.1, 0.15) is 49.9 Å². The number of carbonyl (C=O) groups is 1. The summed E-state index contributed by atoms with van der Waals surface area (Å²) in [6.07, 6.45) is 4.32. The van der Waals surface area contributed by atoms with Crippen LogP contribution in [0.15, 0.2) is 18.2 Å². The summed E-state index contributed by atoms with van der Waals surface area (Å²) in [5, 5.41) is 12.8. The topological polar surface area (TPSA) is 49.3 Å². The Bertz CT molecular complexity index is 485. The fourth-order valence-electron chi connectivity index (χ4n) is 2.77. The maximum absolute atomic E-state index is 12.2. The van der Waals surface area contributed by atoms with Gasteiger partial charge in [0, 0.05) is 6.04 Å². The van der Waals surface area contributed by atoms with Gasteiger partial charge in [-0.2, -0.15) is 0 Å². The molecule has 2 rings (SSSR count). The number of rotatable bonds is 2. The maximum Gasteiger partial charge on any atom is 0.253 e. The van der Waals surface area contributed by atoms with Gasteiger partial charge in [-0.3, -0.25) is 4.79 Å². The molecule has 0 saturated heterocycles. The van der Waals surface area contributed by atoms with Crippen molar-refractivity contribution in [1.82, 2.24) is 5.32 Å². The van der Waals surface area contributed by atoms with Gasteiger partial charge in [0.25, 0.3) is 5.91 Å². The largest absolute Gasteiger partial charge is 0.508 e. The summed E-state index contributed by atoms with van der Waals surface area (Å²) in [6, 6.07) is 4.61. The summed E-state index contributed by atoms with van der Waals surface area (Å²) in [4.78, 5) is 12.2. The van der Waals surface area contributed by atoms with Gasteiger partial charge in [0.05, 0.1) is 10.6 Å². The number of amides is 1. The minimum Gasteiger partial charge on any atom is -0.508 e. The van der Waals surface area contributed by atoms with E-state index in [4.69, 9.17) is 11.6 Å². The number of hydrogen-bond donors (Lipinski definition) is 2. The summed E-state index contributed by atoms with van der Waals surface area (Å²) in [6.45, 7) is 4.46. The van der Waals surface area contributed by atoms with E-state index >= 15 is 0 Å². The van der Waals surface area contributed by atoms with Gasteiger partial charge in [-0.1, -0.05) is 31.9 Å². The highest BCUT2D eigenvalue weighted by molar-refractivity contribution is 6.33. The number of phenols is 1. The van der Waals surface area contributed by atoms with E-state index in [0.717, 1.165) is 19.3 Å². The molecule has 0 aliphatic heterocycles. The lowest BCUT2D eigenvalue weighted by Crippen LogP contribution is -2.40. The van der Waals surface area contributed by atoms with Gasteiger partial charge >= 0.3 is 0 Å². The number of hydrogen-bond acceptors (Lipinski definition) is 2. The van der Waals surface area contributed by atoms with Gasteiger partial charge in [0.1, 0.15) is 5.75 Å². The normalized spacial score (nSPS) is 21.9. The third-order valence-corrected chi connectivity index (χ3v) is 4.06. The van der Waals surface area contributed by atoms with E-state index in [1.807, 2.05) is 0 Å². The van der Waals surface area contributed by atoms with Crippen LogP contribution in [-0.2, 0) is 0 Å². The summed E-state index contributed by atoms with van der Waals surface area (Å²) in [5.74, 6) is -0.151. The minimum absolute atomic E-state index is 0.0542. The van der Waals surface area contributed by atoms with Crippen molar-refractivity contribution in [3.63, 3.8) is 0 Å². The van der Waals surface area contributed by atoms with Crippen molar-refractivity contribution in [3.8, 4) is 5.75 Å². The summed E-state index contributed by atoms with van der Waals surface area (Å²) in [7, 11) is 0. The first kappa shape index (κ1) is 14.2. The average Bonchev–Trinajstić information content (AvgIpc) is 2.31. The van der Waals surface area contributed by atoms with E-state index in [1.165, 1.54) is 24.6 Å². The number of aromatic hydroxyl groups is 1. The lowest BCUT2D eigenvalue weighted by molar-refractivity contribution is 0.0902. The predicted octanol–water partition coefficient (Wildman–Crippen LogP) is 3.74. The van der Waals surface area contributed by atoms with Crippen molar-refractivity contribution in [1.29, 1.82) is 0 Å². The second kappa shape index (κ2) is 5.41. The van der Waals surface area contributed by atoms with Crippen LogP contribution in [0.5, 0.6) is 5.75 Å². The zero-order chi connectivity index (χ0) is 14.0. The van der Waals surface area contributed by atoms with Gasteiger partial charge < -0.3 is 10.4 Å². The predicted molar refractivity (Wildman–Crippen MR) is 76.6 cm³/mol. The zero-order valence-corrected chi connectivity index (χ0v) is 12.1. The summed E-state index contributed by atoms with van der Waals surface area (Å²) >= 11 is 5.99. The molecule has 0 bridgehead atoms. The molecule has 1 aliphatic rings. The standard InChI is InChI=1S/C15H20ClNO2/c1-15(2)7-3-4-10(9-15)17-14(19)12-8-11(18)5-6-13(12)16/h5-6,8,10,18H,3-4,7,9H2,1-2H3,(H,17,19). The van der Waals surface area contributed by atoms with Crippen LogP contribution >= 0.6 is 11.6 Å². The third-order valence-electron chi connectivity index (χ3n) is 3.73. The van der Waals surface area contributed by atoms with Crippen LogP contribution in [0.3, 0.4) is 0 Å². The zero-order valence-electron chi connectivity index (χ0n) is 11.4. The Kier molecular flexibility index (Phi) is 4.04. The van der Waals surface area contributed by atoms with Crippen LogP contribution < -0.4 is 5.32 Å². The Morgan fingerprint density at radius 2 is 2.21 bits per heavy atom. The Labute approximate surface area is 119 Å². The Morgan fingerprint density at radius 1 is 1.47 bits per heavy atom. The van der Waals surface area contributed by atoms with Crippen molar-refractivity contribution < 1.29 is 9.90 Å². The molecule has 1 fully saturated rings. The molecule has 1 amide bonds. The van der Waals surface area contributed by atoms with Gasteiger partial charge in [-0.25, -0.2) is 0 Å².